The zero-order valence-electron chi connectivity index (χ0n) is 17.3. The van der Waals surface area contributed by atoms with E-state index in [9.17, 15) is 4.79 Å². The maximum atomic E-state index is 13.3. The molecular weight excluding hydrogens is 370 g/mol. The molecule has 1 atom stereocenters. The van der Waals surface area contributed by atoms with E-state index in [1.165, 1.54) is 11.3 Å². The summed E-state index contributed by atoms with van der Waals surface area (Å²) in [5.41, 5.74) is 1.62. The number of hydrogen-bond donors (Lipinski definition) is 0. The summed E-state index contributed by atoms with van der Waals surface area (Å²) in [5, 5.41) is 0.736. The van der Waals surface area contributed by atoms with Crippen molar-refractivity contribution in [3.63, 3.8) is 0 Å². The number of aryl methyl sites for hydroxylation is 2. The second-order valence-electron chi connectivity index (χ2n) is 8.17. The van der Waals surface area contributed by atoms with Crippen LogP contribution in [0.25, 0.3) is 10.8 Å². The lowest BCUT2D eigenvalue weighted by Gasteiger charge is -2.38. The molecule has 5 nitrogen and oxygen atoms in total. The summed E-state index contributed by atoms with van der Waals surface area (Å²) in [7, 11) is 1.87. The quantitative estimate of drug-likeness (QED) is 0.598. The molecule has 3 rings (SSSR count). The van der Waals surface area contributed by atoms with E-state index in [-0.39, 0.29) is 17.4 Å². The van der Waals surface area contributed by atoms with Gasteiger partial charge in [0.25, 0.3) is 5.91 Å². The van der Waals surface area contributed by atoms with E-state index in [2.05, 4.69) is 30.7 Å². The van der Waals surface area contributed by atoms with E-state index in [0.29, 0.717) is 17.1 Å². The molecule has 0 spiro atoms. The fraction of sp³-hybridized carbons (Fsp3) is 0.409. The van der Waals surface area contributed by atoms with Gasteiger partial charge < -0.3 is 9.32 Å². The van der Waals surface area contributed by atoms with Crippen LogP contribution in [0.3, 0.4) is 0 Å². The third kappa shape index (κ3) is 4.33. The van der Waals surface area contributed by atoms with Crippen LogP contribution in [0.1, 0.15) is 47.6 Å². The van der Waals surface area contributed by atoms with Crippen molar-refractivity contribution < 1.29 is 9.21 Å². The molecule has 148 valence electrons. The van der Waals surface area contributed by atoms with Gasteiger partial charge in [-0.3, -0.25) is 9.78 Å². The van der Waals surface area contributed by atoms with Gasteiger partial charge in [-0.15, -0.1) is 11.3 Å². The second-order valence-corrected chi connectivity index (χ2v) is 9.17. The predicted octanol–water partition coefficient (Wildman–Crippen LogP) is 5.14. The molecule has 0 N–H and O–H groups in total. The Hall–Kier alpha value is -2.47. The first kappa shape index (κ1) is 20.3. The van der Waals surface area contributed by atoms with Crippen molar-refractivity contribution in [2.75, 3.05) is 7.05 Å². The van der Waals surface area contributed by atoms with Crippen LogP contribution in [0.15, 0.2) is 40.9 Å². The minimum atomic E-state index is -0.0958. The third-order valence-electron chi connectivity index (χ3n) is 4.86. The van der Waals surface area contributed by atoms with Gasteiger partial charge in [-0.25, -0.2) is 4.98 Å². The molecule has 0 radical (unpaired) electrons. The molecule has 3 aromatic rings. The second kappa shape index (κ2) is 7.87. The Labute approximate surface area is 170 Å². The molecule has 0 aromatic carbocycles. The lowest BCUT2D eigenvalue weighted by atomic mass is 9.83. The molecule has 0 aliphatic heterocycles. The minimum Gasteiger partial charge on any atom is -0.459 e. The Morgan fingerprint density at radius 1 is 1.21 bits per heavy atom. The number of hydrogen-bond acceptors (Lipinski definition) is 5. The smallest absolute Gasteiger partial charge is 0.265 e. The van der Waals surface area contributed by atoms with Crippen molar-refractivity contribution in [1.82, 2.24) is 14.9 Å². The fourth-order valence-electron chi connectivity index (χ4n) is 3.29. The summed E-state index contributed by atoms with van der Waals surface area (Å²) < 4.78 is 5.67. The van der Waals surface area contributed by atoms with Gasteiger partial charge in [-0.05, 0) is 43.5 Å². The topological polar surface area (TPSA) is 59.2 Å². The van der Waals surface area contributed by atoms with Gasteiger partial charge in [0.15, 0.2) is 10.8 Å². The van der Waals surface area contributed by atoms with Crippen LogP contribution in [0.5, 0.6) is 0 Å². The largest absolute Gasteiger partial charge is 0.459 e. The third-order valence-corrected chi connectivity index (χ3v) is 6.02. The normalized spacial score (nSPS) is 12.8. The molecule has 0 bridgehead atoms. The van der Waals surface area contributed by atoms with Gasteiger partial charge in [0.05, 0.1) is 5.69 Å². The molecule has 3 aromatic heterocycles. The van der Waals surface area contributed by atoms with E-state index in [0.717, 1.165) is 22.2 Å². The van der Waals surface area contributed by atoms with Gasteiger partial charge in [0, 0.05) is 31.4 Å². The van der Waals surface area contributed by atoms with Crippen LogP contribution >= 0.6 is 11.3 Å². The summed E-state index contributed by atoms with van der Waals surface area (Å²) >= 11 is 1.39. The van der Waals surface area contributed by atoms with Gasteiger partial charge in [0.2, 0.25) is 0 Å². The van der Waals surface area contributed by atoms with Crippen molar-refractivity contribution in [3.05, 3.63) is 58.6 Å². The molecule has 0 aliphatic rings. The Kier molecular flexibility index (Phi) is 5.70. The number of carbonyl (C=O) groups excluding carboxylic acids is 1. The number of pyridine rings is 1. The van der Waals surface area contributed by atoms with Crippen LogP contribution in [-0.4, -0.2) is 33.9 Å². The number of thiazole rings is 1. The minimum absolute atomic E-state index is 0.00528. The highest BCUT2D eigenvalue weighted by Gasteiger charge is 2.33. The van der Waals surface area contributed by atoms with E-state index >= 15 is 0 Å². The van der Waals surface area contributed by atoms with Crippen LogP contribution in [-0.2, 0) is 6.42 Å². The monoisotopic (exact) mass is 397 g/mol. The van der Waals surface area contributed by atoms with Gasteiger partial charge in [-0.2, -0.15) is 0 Å². The number of nitrogens with zero attached hydrogens (tertiary/aromatic N) is 3. The highest BCUT2D eigenvalue weighted by atomic mass is 32.1. The van der Waals surface area contributed by atoms with Crippen molar-refractivity contribution in [2.24, 2.45) is 5.41 Å². The number of rotatable bonds is 5. The number of likely N-dealkylation sites (N-methyl/N-ethyl adjacent to an activating group) is 1. The average molecular weight is 398 g/mol. The summed E-state index contributed by atoms with van der Waals surface area (Å²) in [5.74, 6) is 1.52. The lowest BCUT2D eigenvalue weighted by Crippen LogP contribution is -2.46. The van der Waals surface area contributed by atoms with Crippen LogP contribution in [0.4, 0.5) is 0 Å². The predicted molar refractivity (Wildman–Crippen MR) is 113 cm³/mol. The Bertz CT molecular complexity index is 954. The van der Waals surface area contributed by atoms with Crippen molar-refractivity contribution in [2.45, 2.75) is 47.1 Å². The lowest BCUT2D eigenvalue weighted by molar-refractivity contribution is 0.0599. The molecular formula is C22H27N3O2S. The number of amides is 1. The zero-order valence-corrected chi connectivity index (χ0v) is 18.1. The molecule has 6 heteroatoms. The molecule has 0 unspecified atom stereocenters. The molecule has 28 heavy (non-hydrogen) atoms. The van der Waals surface area contributed by atoms with Crippen molar-refractivity contribution in [1.29, 1.82) is 0 Å². The van der Waals surface area contributed by atoms with Crippen molar-refractivity contribution in [3.8, 4) is 10.8 Å². The Morgan fingerprint density at radius 3 is 2.54 bits per heavy atom. The van der Waals surface area contributed by atoms with Crippen LogP contribution in [0.2, 0.25) is 0 Å². The summed E-state index contributed by atoms with van der Waals surface area (Å²) in [6.45, 7) is 10.2. The highest BCUT2D eigenvalue weighted by Crippen LogP contribution is 2.32. The molecule has 0 saturated carbocycles. The number of aromatic nitrogens is 2. The van der Waals surface area contributed by atoms with E-state index < -0.39 is 0 Å². The number of furan rings is 1. The SMILES string of the molecule is Cc1ccc(-c2nc(C)c(C(=O)N(C)[C@@H](Cc3ccccn3)C(C)(C)C)s2)o1. The first-order chi connectivity index (χ1) is 13.2. The van der Waals surface area contributed by atoms with Gasteiger partial charge in [0.1, 0.15) is 10.6 Å². The first-order valence-corrected chi connectivity index (χ1v) is 10.2. The van der Waals surface area contributed by atoms with E-state index in [1.54, 1.807) is 6.20 Å². The summed E-state index contributed by atoms with van der Waals surface area (Å²) in [4.78, 5) is 24.9. The fourth-order valence-corrected chi connectivity index (χ4v) is 4.30. The van der Waals surface area contributed by atoms with E-state index in [4.69, 9.17) is 4.42 Å². The van der Waals surface area contributed by atoms with Gasteiger partial charge in [-0.1, -0.05) is 26.8 Å². The Balaban J connectivity index is 1.88. The van der Waals surface area contributed by atoms with Crippen molar-refractivity contribution >= 4 is 17.2 Å². The maximum absolute atomic E-state index is 13.3. The zero-order chi connectivity index (χ0) is 20.5. The molecule has 0 fully saturated rings. The Morgan fingerprint density at radius 2 is 1.96 bits per heavy atom. The van der Waals surface area contributed by atoms with E-state index in [1.807, 2.05) is 56.1 Å². The summed E-state index contributed by atoms with van der Waals surface area (Å²) in [6.07, 6.45) is 2.50. The average Bonchev–Trinajstić information content (AvgIpc) is 3.24. The molecule has 3 heterocycles. The van der Waals surface area contributed by atoms with Gasteiger partial charge >= 0.3 is 0 Å². The first-order valence-electron chi connectivity index (χ1n) is 9.38. The standard InChI is InChI=1S/C22H27N3O2S/c1-14-10-11-17(27-14)20-24-15(2)19(28-20)21(26)25(6)18(22(3,4)5)13-16-9-7-8-12-23-16/h7-12,18H,13H2,1-6H3/t18-/m0/s1. The highest BCUT2D eigenvalue weighted by molar-refractivity contribution is 7.17. The molecule has 0 saturated heterocycles. The number of carbonyl (C=O) groups is 1. The molecule has 1 amide bonds. The van der Waals surface area contributed by atoms with Crippen LogP contribution in [0, 0.1) is 19.3 Å². The van der Waals surface area contributed by atoms with Crippen LogP contribution < -0.4 is 0 Å². The molecule has 0 aliphatic carbocycles. The maximum Gasteiger partial charge on any atom is 0.265 e. The summed E-state index contributed by atoms with van der Waals surface area (Å²) in [6, 6.07) is 9.70.